The summed E-state index contributed by atoms with van der Waals surface area (Å²) < 4.78 is 0. The van der Waals surface area contributed by atoms with E-state index < -0.39 is 0 Å². The number of aryl methyl sites for hydroxylation is 1. The normalized spacial score (nSPS) is 17.6. The van der Waals surface area contributed by atoms with Crippen LogP contribution in [0.25, 0.3) is 0 Å². The first-order valence-corrected chi connectivity index (χ1v) is 8.77. The molecule has 1 aromatic heterocycles. The number of amides is 1. The zero-order chi connectivity index (χ0) is 16.9. The number of carbonyl (C=O) groups is 1. The fourth-order valence-electron chi connectivity index (χ4n) is 3.24. The largest absolute Gasteiger partial charge is 0.354 e. The summed E-state index contributed by atoms with van der Waals surface area (Å²) in [4.78, 5) is 18.9. The van der Waals surface area contributed by atoms with Crippen molar-refractivity contribution < 1.29 is 4.79 Å². The Morgan fingerprint density at radius 3 is 2.83 bits per heavy atom. The molecule has 126 valence electrons. The van der Waals surface area contributed by atoms with E-state index in [1.807, 2.05) is 29.2 Å². The van der Waals surface area contributed by atoms with Gasteiger partial charge in [0.2, 0.25) is 0 Å². The topological polar surface area (TPSA) is 45.2 Å². The molecule has 2 aromatic rings. The van der Waals surface area contributed by atoms with Crippen molar-refractivity contribution in [1.29, 1.82) is 0 Å². The Morgan fingerprint density at radius 1 is 1.29 bits per heavy atom. The third kappa shape index (κ3) is 3.75. The monoisotopic (exact) mass is 323 g/mol. The molecule has 1 aromatic carbocycles. The van der Waals surface area contributed by atoms with Crippen molar-refractivity contribution in [1.82, 2.24) is 9.88 Å². The Hall–Kier alpha value is -2.36. The van der Waals surface area contributed by atoms with Gasteiger partial charge in [-0.3, -0.25) is 4.79 Å². The second kappa shape index (κ2) is 7.47. The summed E-state index contributed by atoms with van der Waals surface area (Å²) in [6.07, 6.45) is 5.00. The highest BCUT2D eigenvalue weighted by atomic mass is 16.2. The Balaban J connectivity index is 1.70. The summed E-state index contributed by atoms with van der Waals surface area (Å²) >= 11 is 0. The van der Waals surface area contributed by atoms with E-state index in [0.717, 1.165) is 37.3 Å². The van der Waals surface area contributed by atoms with Gasteiger partial charge in [-0.2, -0.15) is 0 Å². The number of likely N-dealkylation sites (tertiary alicyclic amines) is 1. The van der Waals surface area contributed by atoms with Gasteiger partial charge in [0, 0.05) is 18.8 Å². The molecule has 0 radical (unpaired) electrons. The molecule has 1 atom stereocenters. The highest BCUT2D eigenvalue weighted by Gasteiger charge is 2.22. The second-order valence-corrected chi connectivity index (χ2v) is 6.57. The van der Waals surface area contributed by atoms with E-state index in [9.17, 15) is 4.79 Å². The number of aromatic nitrogens is 1. The number of piperidine rings is 1. The molecule has 2 heterocycles. The van der Waals surface area contributed by atoms with Gasteiger partial charge >= 0.3 is 0 Å². The maximum absolute atomic E-state index is 12.6. The number of pyridine rings is 1. The molecule has 1 aliphatic rings. The van der Waals surface area contributed by atoms with Gasteiger partial charge in [-0.05, 0) is 48.9 Å². The molecule has 0 bridgehead atoms. The van der Waals surface area contributed by atoms with Crippen LogP contribution in [0.3, 0.4) is 0 Å². The lowest BCUT2D eigenvalue weighted by Gasteiger charge is -2.30. The molecule has 0 spiro atoms. The van der Waals surface area contributed by atoms with Crippen LogP contribution in [-0.2, 0) is 6.42 Å². The first-order valence-electron chi connectivity index (χ1n) is 8.77. The number of nitrogens with zero attached hydrogens (tertiary/aromatic N) is 2. The molecule has 4 heteroatoms. The molecule has 1 N–H and O–H groups in total. The van der Waals surface area contributed by atoms with Crippen LogP contribution in [0.2, 0.25) is 0 Å². The third-order valence-electron chi connectivity index (χ3n) is 4.60. The number of rotatable bonds is 4. The quantitative estimate of drug-likeness (QED) is 0.914. The van der Waals surface area contributed by atoms with Crippen LogP contribution in [0.15, 0.2) is 42.6 Å². The van der Waals surface area contributed by atoms with Crippen molar-refractivity contribution in [3.8, 4) is 0 Å². The van der Waals surface area contributed by atoms with Gasteiger partial charge < -0.3 is 10.2 Å². The van der Waals surface area contributed by atoms with Gasteiger partial charge in [-0.25, -0.2) is 4.98 Å². The third-order valence-corrected chi connectivity index (χ3v) is 4.60. The maximum atomic E-state index is 12.6. The maximum Gasteiger partial charge on any atom is 0.272 e. The molecule has 0 aliphatic carbocycles. The summed E-state index contributed by atoms with van der Waals surface area (Å²) in [6.45, 7) is 6.02. The average Bonchev–Trinajstić information content (AvgIpc) is 2.62. The zero-order valence-corrected chi connectivity index (χ0v) is 14.5. The number of para-hydroxylation sites is 1. The highest BCUT2D eigenvalue weighted by molar-refractivity contribution is 5.92. The van der Waals surface area contributed by atoms with Crippen LogP contribution in [0, 0.1) is 5.92 Å². The van der Waals surface area contributed by atoms with E-state index in [0.29, 0.717) is 11.6 Å². The predicted octanol–water partition coefficient (Wildman–Crippen LogP) is 4.26. The first-order chi connectivity index (χ1) is 11.7. The van der Waals surface area contributed by atoms with E-state index in [-0.39, 0.29) is 5.91 Å². The van der Waals surface area contributed by atoms with Crippen molar-refractivity contribution in [3.63, 3.8) is 0 Å². The fraction of sp³-hybridized carbons (Fsp3) is 0.400. The Kier molecular flexibility index (Phi) is 5.14. The van der Waals surface area contributed by atoms with Crippen LogP contribution in [-0.4, -0.2) is 28.9 Å². The molecule has 1 unspecified atom stereocenters. The summed E-state index contributed by atoms with van der Waals surface area (Å²) in [5.74, 6) is 0.622. The molecule has 1 amide bonds. The smallest absolute Gasteiger partial charge is 0.272 e. The van der Waals surface area contributed by atoms with Crippen LogP contribution < -0.4 is 5.32 Å². The fourth-order valence-corrected chi connectivity index (χ4v) is 3.24. The molecule has 3 rings (SSSR count). The van der Waals surface area contributed by atoms with Crippen molar-refractivity contribution in [2.75, 3.05) is 18.4 Å². The Morgan fingerprint density at radius 2 is 2.12 bits per heavy atom. The molecule has 4 nitrogen and oxygen atoms in total. The lowest BCUT2D eigenvalue weighted by Crippen LogP contribution is -2.39. The Labute approximate surface area is 143 Å². The standard InChI is InChI=1S/C20H25N3O/c1-3-16-8-4-5-9-18(16)22-17-10-11-19(21-13-17)20(24)23-12-6-7-15(2)14-23/h4-5,8-11,13,15,22H,3,6-7,12,14H2,1-2H3. The summed E-state index contributed by atoms with van der Waals surface area (Å²) in [5, 5.41) is 3.39. The van der Waals surface area contributed by atoms with Gasteiger partial charge in [-0.15, -0.1) is 0 Å². The van der Waals surface area contributed by atoms with Gasteiger partial charge in [0.15, 0.2) is 0 Å². The van der Waals surface area contributed by atoms with Crippen LogP contribution in [0.5, 0.6) is 0 Å². The summed E-state index contributed by atoms with van der Waals surface area (Å²) in [6, 6.07) is 12.0. The molecule has 24 heavy (non-hydrogen) atoms. The Bertz CT molecular complexity index is 696. The van der Waals surface area contributed by atoms with Crippen LogP contribution in [0.1, 0.15) is 42.7 Å². The number of benzene rings is 1. The summed E-state index contributed by atoms with van der Waals surface area (Å²) in [5.41, 5.74) is 3.78. The van der Waals surface area contributed by atoms with E-state index in [1.54, 1.807) is 6.20 Å². The second-order valence-electron chi connectivity index (χ2n) is 6.57. The average molecular weight is 323 g/mol. The SMILES string of the molecule is CCc1ccccc1Nc1ccc(C(=O)N2CCCC(C)C2)nc1. The number of anilines is 2. The van der Waals surface area contributed by atoms with Crippen molar-refractivity contribution in [2.24, 2.45) is 5.92 Å². The number of hydrogen-bond donors (Lipinski definition) is 1. The minimum Gasteiger partial charge on any atom is -0.354 e. The van der Waals surface area contributed by atoms with E-state index in [2.05, 4.69) is 36.3 Å². The van der Waals surface area contributed by atoms with Gasteiger partial charge in [-0.1, -0.05) is 32.0 Å². The lowest BCUT2D eigenvalue weighted by atomic mass is 10.00. The van der Waals surface area contributed by atoms with Crippen molar-refractivity contribution in [3.05, 3.63) is 53.9 Å². The molecule has 1 fully saturated rings. The molecule has 1 aliphatic heterocycles. The highest BCUT2D eigenvalue weighted by Crippen LogP contribution is 2.22. The predicted molar refractivity (Wildman–Crippen MR) is 97.6 cm³/mol. The number of carbonyl (C=O) groups excluding carboxylic acids is 1. The zero-order valence-electron chi connectivity index (χ0n) is 14.5. The van der Waals surface area contributed by atoms with E-state index >= 15 is 0 Å². The van der Waals surface area contributed by atoms with Gasteiger partial charge in [0.1, 0.15) is 5.69 Å². The van der Waals surface area contributed by atoms with E-state index in [4.69, 9.17) is 0 Å². The van der Waals surface area contributed by atoms with E-state index in [1.165, 1.54) is 12.0 Å². The summed E-state index contributed by atoms with van der Waals surface area (Å²) in [7, 11) is 0. The molecule has 0 saturated carbocycles. The number of nitrogens with one attached hydrogen (secondary N) is 1. The number of hydrogen-bond acceptors (Lipinski definition) is 3. The molecule has 1 saturated heterocycles. The lowest BCUT2D eigenvalue weighted by molar-refractivity contribution is 0.0677. The molecular weight excluding hydrogens is 298 g/mol. The molecular formula is C20H25N3O. The van der Waals surface area contributed by atoms with Crippen molar-refractivity contribution >= 4 is 17.3 Å². The van der Waals surface area contributed by atoms with Crippen LogP contribution >= 0.6 is 0 Å². The van der Waals surface area contributed by atoms with Crippen LogP contribution in [0.4, 0.5) is 11.4 Å². The van der Waals surface area contributed by atoms with Gasteiger partial charge in [0.25, 0.3) is 5.91 Å². The first kappa shape index (κ1) is 16.5. The van der Waals surface area contributed by atoms with Gasteiger partial charge in [0.05, 0.1) is 11.9 Å². The minimum absolute atomic E-state index is 0.0436. The minimum atomic E-state index is 0.0436. The van der Waals surface area contributed by atoms with Crippen molar-refractivity contribution in [2.45, 2.75) is 33.1 Å².